The maximum Gasteiger partial charge on any atom is 0.164 e. The van der Waals surface area contributed by atoms with Gasteiger partial charge in [-0.3, -0.25) is 0 Å². The molecule has 9 aromatic carbocycles. The molecule has 3 aromatic heterocycles. The maximum atomic E-state index is 5.53. The first-order valence-corrected chi connectivity index (χ1v) is 20.6. The van der Waals surface area contributed by atoms with Crippen LogP contribution in [-0.2, 0) is 0 Å². The van der Waals surface area contributed by atoms with E-state index in [1.54, 1.807) is 0 Å². The predicted octanol–water partition coefficient (Wildman–Crippen LogP) is 14.2. The lowest BCUT2D eigenvalue weighted by Gasteiger charge is -2.14. The monoisotopic (exact) mass is 777 g/mol. The highest BCUT2D eigenvalue weighted by Crippen LogP contribution is 2.43. The van der Waals surface area contributed by atoms with E-state index in [4.69, 9.17) is 19.9 Å². The summed E-state index contributed by atoms with van der Waals surface area (Å²) in [5.41, 5.74) is 11.5. The minimum atomic E-state index is 0.629. The SMILES string of the molecule is c1ccc(-c2nc(-c3ccccc3)nc(-c3ccc(-c4ccc5c(c4)nc(-c4ccc6ccccc6c4)c4ccc6c(c7ccccc7n6-c6ccccc6)c45)cc3)n2)cc1. The van der Waals surface area contributed by atoms with Gasteiger partial charge < -0.3 is 4.57 Å². The number of fused-ring (bicyclic) bond motifs is 8. The quantitative estimate of drug-likeness (QED) is 0.158. The molecule has 0 saturated carbocycles. The Morgan fingerprint density at radius 1 is 0.295 bits per heavy atom. The fourth-order valence-electron chi connectivity index (χ4n) is 8.89. The molecule has 0 fully saturated rings. The summed E-state index contributed by atoms with van der Waals surface area (Å²) in [6.07, 6.45) is 0. The van der Waals surface area contributed by atoms with Crippen molar-refractivity contribution in [1.29, 1.82) is 0 Å². The summed E-state index contributed by atoms with van der Waals surface area (Å²) in [7, 11) is 0. The van der Waals surface area contributed by atoms with Crippen LogP contribution in [0.1, 0.15) is 0 Å². The fourth-order valence-corrected chi connectivity index (χ4v) is 8.89. The van der Waals surface area contributed by atoms with Crippen molar-refractivity contribution in [2.45, 2.75) is 0 Å². The molecule has 0 unspecified atom stereocenters. The zero-order valence-electron chi connectivity index (χ0n) is 32.9. The molecule has 12 aromatic rings. The third-order valence-electron chi connectivity index (χ3n) is 11.8. The molecular weight excluding hydrogens is 743 g/mol. The van der Waals surface area contributed by atoms with Crippen LogP contribution in [0.2, 0.25) is 0 Å². The molecule has 0 N–H and O–H groups in total. The molecule has 0 radical (unpaired) electrons. The van der Waals surface area contributed by atoms with Crippen molar-refractivity contribution < 1.29 is 0 Å². The van der Waals surface area contributed by atoms with Crippen LogP contribution in [0, 0.1) is 0 Å². The average molecular weight is 778 g/mol. The Morgan fingerprint density at radius 3 is 1.54 bits per heavy atom. The van der Waals surface area contributed by atoms with Crippen LogP contribution in [0.4, 0.5) is 0 Å². The van der Waals surface area contributed by atoms with Gasteiger partial charge in [-0.1, -0.05) is 176 Å². The second kappa shape index (κ2) is 14.2. The lowest BCUT2D eigenvalue weighted by Crippen LogP contribution is -2.00. The van der Waals surface area contributed by atoms with Crippen molar-refractivity contribution in [2.75, 3.05) is 0 Å². The highest BCUT2D eigenvalue weighted by atomic mass is 15.0. The van der Waals surface area contributed by atoms with E-state index in [9.17, 15) is 0 Å². The summed E-state index contributed by atoms with van der Waals surface area (Å²) >= 11 is 0. The Labute approximate surface area is 351 Å². The van der Waals surface area contributed by atoms with E-state index in [-0.39, 0.29) is 0 Å². The molecular formula is C56H35N5. The second-order valence-electron chi connectivity index (χ2n) is 15.4. The molecule has 0 bridgehead atoms. The third-order valence-corrected chi connectivity index (χ3v) is 11.8. The zero-order chi connectivity index (χ0) is 40.3. The summed E-state index contributed by atoms with van der Waals surface area (Å²) < 4.78 is 2.39. The van der Waals surface area contributed by atoms with Crippen molar-refractivity contribution in [3.05, 3.63) is 212 Å². The van der Waals surface area contributed by atoms with Crippen LogP contribution in [-0.4, -0.2) is 24.5 Å². The molecule has 61 heavy (non-hydrogen) atoms. The van der Waals surface area contributed by atoms with Gasteiger partial charge in [0.1, 0.15) is 0 Å². The van der Waals surface area contributed by atoms with E-state index in [1.807, 2.05) is 60.7 Å². The van der Waals surface area contributed by atoms with Gasteiger partial charge in [0.15, 0.2) is 17.5 Å². The van der Waals surface area contributed by atoms with Gasteiger partial charge in [0, 0.05) is 54.9 Å². The fraction of sp³-hybridized carbons (Fsp3) is 0. The number of benzene rings is 9. The molecule has 5 heteroatoms. The first-order valence-electron chi connectivity index (χ1n) is 20.6. The van der Waals surface area contributed by atoms with Gasteiger partial charge >= 0.3 is 0 Å². The molecule has 0 atom stereocenters. The van der Waals surface area contributed by atoms with E-state index in [2.05, 4.69) is 156 Å². The number of aromatic nitrogens is 5. The molecule has 0 aliphatic heterocycles. The highest BCUT2D eigenvalue weighted by molar-refractivity contribution is 6.29. The van der Waals surface area contributed by atoms with Crippen LogP contribution < -0.4 is 0 Å². The second-order valence-corrected chi connectivity index (χ2v) is 15.4. The largest absolute Gasteiger partial charge is 0.309 e. The molecule has 0 saturated heterocycles. The summed E-state index contributed by atoms with van der Waals surface area (Å²) in [5.74, 6) is 1.92. The first kappa shape index (κ1) is 34.7. The number of hydrogen-bond donors (Lipinski definition) is 0. The van der Waals surface area contributed by atoms with Crippen molar-refractivity contribution in [3.8, 4) is 62.2 Å². The molecule has 0 amide bonds. The lowest BCUT2D eigenvalue weighted by atomic mass is 9.94. The molecule has 0 spiro atoms. The molecule has 0 aliphatic rings. The Morgan fingerprint density at radius 2 is 0.836 bits per heavy atom. The van der Waals surface area contributed by atoms with Crippen LogP contribution in [0.25, 0.3) is 116 Å². The minimum Gasteiger partial charge on any atom is -0.309 e. The van der Waals surface area contributed by atoms with E-state index in [0.717, 1.165) is 61.1 Å². The topological polar surface area (TPSA) is 56.5 Å². The third kappa shape index (κ3) is 5.94. The van der Waals surface area contributed by atoms with E-state index in [1.165, 1.54) is 38.0 Å². The molecule has 5 nitrogen and oxygen atoms in total. The number of para-hydroxylation sites is 2. The molecule has 284 valence electrons. The van der Waals surface area contributed by atoms with Gasteiger partial charge in [-0.25, -0.2) is 19.9 Å². The maximum absolute atomic E-state index is 5.53. The van der Waals surface area contributed by atoms with Gasteiger partial charge in [-0.05, 0) is 58.3 Å². The Bertz CT molecular complexity index is 3560. The van der Waals surface area contributed by atoms with E-state index < -0.39 is 0 Å². The summed E-state index contributed by atoms with van der Waals surface area (Å²) in [6, 6.07) is 74.6. The Kier molecular flexibility index (Phi) is 8.10. The predicted molar refractivity (Wildman–Crippen MR) is 252 cm³/mol. The summed E-state index contributed by atoms with van der Waals surface area (Å²) in [6.45, 7) is 0. The molecule has 0 aliphatic carbocycles. The van der Waals surface area contributed by atoms with Crippen molar-refractivity contribution >= 4 is 54.3 Å². The molecule has 3 heterocycles. The first-order chi connectivity index (χ1) is 30.2. The number of rotatable bonds is 6. The summed E-state index contributed by atoms with van der Waals surface area (Å²) in [4.78, 5) is 20.3. The normalized spacial score (nSPS) is 11.6. The van der Waals surface area contributed by atoms with E-state index in [0.29, 0.717) is 17.5 Å². The number of hydrogen-bond acceptors (Lipinski definition) is 4. The van der Waals surface area contributed by atoms with Crippen molar-refractivity contribution in [1.82, 2.24) is 24.5 Å². The van der Waals surface area contributed by atoms with Crippen LogP contribution in [0.15, 0.2) is 212 Å². The Balaban J connectivity index is 1.04. The smallest absolute Gasteiger partial charge is 0.164 e. The van der Waals surface area contributed by atoms with E-state index >= 15 is 0 Å². The van der Waals surface area contributed by atoms with Crippen LogP contribution >= 0.6 is 0 Å². The number of nitrogens with zero attached hydrogens (tertiary/aromatic N) is 5. The highest BCUT2D eigenvalue weighted by Gasteiger charge is 2.20. The average Bonchev–Trinajstić information content (AvgIpc) is 3.68. The zero-order valence-corrected chi connectivity index (χ0v) is 32.9. The van der Waals surface area contributed by atoms with Gasteiger partial charge in [-0.15, -0.1) is 0 Å². The summed E-state index contributed by atoms with van der Waals surface area (Å²) in [5, 5.41) is 8.30. The van der Waals surface area contributed by atoms with Gasteiger partial charge in [0.2, 0.25) is 0 Å². The Hall–Kier alpha value is -8.28. The van der Waals surface area contributed by atoms with Gasteiger partial charge in [-0.2, -0.15) is 0 Å². The van der Waals surface area contributed by atoms with Crippen molar-refractivity contribution in [2.24, 2.45) is 0 Å². The van der Waals surface area contributed by atoms with Gasteiger partial charge in [0.25, 0.3) is 0 Å². The molecule has 12 rings (SSSR count). The van der Waals surface area contributed by atoms with Crippen LogP contribution in [0.3, 0.4) is 0 Å². The van der Waals surface area contributed by atoms with Gasteiger partial charge in [0.05, 0.1) is 22.2 Å². The standard InChI is InChI=1S/C56H35N5/c1-4-15-38(16-5-1)54-58-55(39-17-6-2-7-18-39)60-56(59-54)40-27-24-37(25-28-40)42-30-31-45-48(35-42)57-53(43-29-26-36-14-10-11-19-41(36)34-43)47-32-33-50-52(51(45)47)46-22-12-13-23-49(46)61(50)44-20-8-3-9-21-44/h1-35H. The minimum absolute atomic E-state index is 0.629. The van der Waals surface area contributed by atoms with Crippen LogP contribution in [0.5, 0.6) is 0 Å². The number of pyridine rings is 1. The van der Waals surface area contributed by atoms with Crippen molar-refractivity contribution in [3.63, 3.8) is 0 Å². The lowest BCUT2D eigenvalue weighted by molar-refractivity contribution is 1.07.